The van der Waals surface area contributed by atoms with Gasteiger partial charge in [-0.05, 0) is 15.9 Å². The van der Waals surface area contributed by atoms with Gasteiger partial charge in [-0.25, -0.2) is 13.6 Å². The van der Waals surface area contributed by atoms with E-state index in [0.717, 1.165) is 6.20 Å². The molecule has 0 radical (unpaired) electrons. The van der Waals surface area contributed by atoms with E-state index in [1.165, 1.54) is 14.2 Å². The highest BCUT2D eigenvalue weighted by Crippen LogP contribution is 2.35. The number of hydrogen-bond acceptors (Lipinski definition) is 4. The zero-order valence-corrected chi connectivity index (χ0v) is 10.0. The summed E-state index contributed by atoms with van der Waals surface area (Å²) in [5.74, 6) is -0.851. The van der Waals surface area contributed by atoms with Crippen LogP contribution in [0.3, 0.4) is 0 Å². The molecule has 0 saturated heterocycles. The lowest BCUT2D eigenvalue weighted by Crippen LogP contribution is -2.07. The van der Waals surface area contributed by atoms with Crippen molar-refractivity contribution in [3.63, 3.8) is 0 Å². The largest absolute Gasteiger partial charge is 0.493 e. The first-order chi connectivity index (χ1) is 7.52. The number of esters is 1. The second-order valence-electron chi connectivity index (χ2n) is 2.70. The van der Waals surface area contributed by atoms with Gasteiger partial charge in [-0.2, -0.15) is 0 Å². The number of rotatable bonds is 3. The van der Waals surface area contributed by atoms with Gasteiger partial charge in [0.1, 0.15) is 5.69 Å². The van der Waals surface area contributed by atoms with Crippen molar-refractivity contribution >= 4 is 21.9 Å². The maximum absolute atomic E-state index is 12.5. The highest BCUT2D eigenvalue weighted by atomic mass is 79.9. The van der Waals surface area contributed by atoms with E-state index in [2.05, 4.69) is 25.7 Å². The Bertz CT molecular complexity index is 412. The maximum Gasteiger partial charge on any atom is 0.340 e. The third-order valence-corrected chi connectivity index (χ3v) is 2.60. The molecule has 0 amide bonds. The van der Waals surface area contributed by atoms with Crippen molar-refractivity contribution in [3.8, 4) is 5.75 Å². The van der Waals surface area contributed by atoms with Crippen molar-refractivity contribution in [2.75, 3.05) is 14.2 Å². The fourth-order valence-electron chi connectivity index (χ4n) is 1.09. The fourth-order valence-corrected chi connectivity index (χ4v) is 1.72. The molecule has 1 aromatic rings. The highest BCUT2D eigenvalue weighted by Gasteiger charge is 2.23. The monoisotopic (exact) mass is 295 g/mol. The van der Waals surface area contributed by atoms with Crippen molar-refractivity contribution in [1.29, 1.82) is 0 Å². The Balaban J connectivity index is 3.34. The number of carbonyl (C=O) groups excluding carboxylic acids is 1. The van der Waals surface area contributed by atoms with Crippen LogP contribution < -0.4 is 4.74 Å². The molecule has 0 aliphatic heterocycles. The number of carbonyl (C=O) groups is 1. The lowest BCUT2D eigenvalue weighted by molar-refractivity contribution is 0.0597. The minimum absolute atomic E-state index is 0.0312. The Morgan fingerprint density at radius 2 is 2.12 bits per heavy atom. The summed E-state index contributed by atoms with van der Waals surface area (Å²) in [4.78, 5) is 14.7. The average molecular weight is 296 g/mol. The molecular formula is C9H8BrF2NO3. The van der Waals surface area contributed by atoms with Crippen LogP contribution in [0.25, 0.3) is 0 Å². The lowest BCUT2D eigenvalue weighted by atomic mass is 10.2. The summed E-state index contributed by atoms with van der Waals surface area (Å²) in [5.41, 5.74) is -0.495. The predicted molar refractivity (Wildman–Crippen MR) is 54.8 cm³/mol. The zero-order chi connectivity index (χ0) is 12.3. The maximum atomic E-state index is 12.5. The molecule has 88 valence electrons. The standard InChI is InChI=1S/C9H8BrF2NO3/c1-15-7-5(10)4(9(14)16-2)3-13-6(7)8(11)12/h3,8H,1-2H3. The fraction of sp³-hybridized carbons (Fsp3) is 0.333. The van der Waals surface area contributed by atoms with Gasteiger partial charge >= 0.3 is 5.97 Å². The molecule has 0 saturated carbocycles. The molecule has 0 unspecified atom stereocenters. The van der Waals surface area contributed by atoms with Crippen molar-refractivity contribution in [3.05, 3.63) is 21.9 Å². The van der Waals surface area contributed by atoms with E-state index < -0.39 is 18.1 Å². The van der Waals surface area contributed by atoms with Crippen LogP contribution in [0.4, 0.5) is 8.78 Å². The molecule has 1 aromatic heterocycles. The third kappa shape index (κ3) is 2.29. The summed E-state index contributed by atoms with van der Waals surface area (Å²) in [7, 11) is 2.40. The molecule has 0 aliphatic rings. The second-order valence-corrected chi connectivity index (χ2v) is 3.49. The van der Waals surface area contributed by atoms with E-state index in [0.29, 0.717) is 0 Å². The molecular weight excluding hydrogens is 288 g/mol. The normalized spacial score (nSPS) is 10.4. The summed E-state index contributed by atoms with van der Waals surface area (Å²) in [6.07, 6.45) is -1.77. The van der Waals surface area contributed by atoms with Gasteiger partial charge in [0.2, 0.25) is 0 Å². The van der Waals surface area contributed by atoms with Gasteiger partial charge in [-0.15, -0.1) is 0 Å². The minimum Gasteiger partial charge on any atom is -0.493 e. The SMILES string of the molecule is COC(=O)c1cnc(C(F)F)c(OC)c1Br. The Labute approximate surface area is 98.7 Å². The first kappa shape index (κ1) is 12.8. The van der Waals surface area contributed by atoms with Gasteiger partial charge < -0.3 is 9.47 Å². The zero-order valence-electron chi connectivity index (χ0n) is 8.46. The molecule has 1 heterocycles. The average Bonchev–Trinajstić information content (AvgIpc) is 2.27. The van der Waals surface area contributed by atoms with Crippen LogP contribution in [-0.4, -0.2) is 25.2 Å². The number of methoxy groups -OCH3 is 2. The molecule has 0 bridgehead atoms. The van der Waals surface area contributed by atoms with E-state index in [4.69, 9.17) is 4.74 Å². The van der Waals surface area contributed by atoms with Crippen LogP contribution in [0.2, 0.25) is 0 Å². The number of nitrogens with zero attached hydrogens (tertiary/aromatic N) is 1. The number of ether oxygens (including phenoxy) is 2. The van der Waals surface area contributed by atoms with Crippen molar-refractivity contribution in [2.24, 2.45) is 0 Å². The van der Waals surface area contributed by atoms with Crippen molar-refractivity contribution in [2.45, 2.75) is 6.43 Å². The van der Waals surface area contributed by atoms with Crippen LogP contribution in [0, 0.1) is 0 Å². The molecule has 0 spiro atoms. The van der Waals surface area contributed by atoms with E-state index in [1.54, 1.807) is 0 Å². The summed E-state index contributed by atoms with van der Waals surface area (Å²) in [6, 6.07) is 0. The van der Waals surface area contributed by atoms with Crippen LogP contribution in [0.1, 0.15) is 22.5 Å². The summed E-state index contributed by atoms with van der Waals surface area (Å²) >= 11 is 3.00. The predicted octanol–water partition coefficient (Wildman–Crippen LogP) is 2.58. The molecule has 4 nitrogen and oxygen atoms in total. The smallest absolute Gasteiger partial charge is 0.340 e. The topological polar surface area (TPSA) is 48.4 Å². The van der Waals surface area contributed by atoms with Crippen molar-refractivity contribution in [1.82, 2.24) is 4.98 Å². The number of pyridine rings is 1. The van der Waals surface area contributed by atoms with Crippen LogP contribution >= 0.6 is 15.9 Å². The molecule has 0 aromatic carbocycles. The van der Waals surface area contributed by atoms with Gasteiger partial charge in [0.25, 0.3) is 6.43 Å². The summed E-state index contributed by atoms with van der Waals surface area (Å²) in [6.45, 7) is 0. The van der Waals surface area contributed by atoms with Gasteiger partial charge in [0, 0.05) is 6.20 Å². The second kappa shape index (κ2) is 5.20. The van der Waals surface area contributed by atoms with Gasteiger partial charge in [0.05, 0.1) is 24.3 Å². The van der Waals surface area contributed by atoms with E-state index in [-0.39, 0.29) is 15.8 Å². The first-order valence-corrected chi connectivity index (χ1v) is 4.91. The third-order valence-electron chi connectivity index (χ3n) is 1.82. The Morgan fingerprint density at radius 1 is 1.50 bits per heavy atom. The van der Waals surface area contributed by atoms with E-state index in [1.807, 2.05) is 0 Å². The molecule has 0 fully saturated rings. The number of halogens is 3. The van der Waals surface area contributed by atoms with E-state index in [9.17, 15) is 13.6 Å². The molecule has 7 heteroatoms. The molecule has 0 aliphatic carbocycles. The molecule has 0 N–H and O–H groups in total. The Morgan fingerprint density at radius 3 is 2.56 bits per heavy atom. The Hall–Kier alpha value is -1.24. The van der Waals surface area contributed by atoms with Crippen LogP contribution in [0.5, 0.6) is 5.75 Å². The van der Waals surface area contributed by atoms with Gasteiger partial charge in [0.15, 0.2) is 5.75 Å². The van der Waals surface area contributed by atoms with E-state index >= 15 is 0 Å². The molecule has 1 rings (SSSR count). The van der Waals surface area contributed by atoms with Crippen LogP contribution in [-0.2, 0) is 4.74 Å². The minimum atomic E-state index is -2.78. The lowest BCUT2D eigenvalue weighted by Gasteiger charge is -2.11. The summed E-state index contributed by atoms with van der Waals surface area (Å²) < 4.78 is 34.4. The molecule has 0 atom stereocenters. The highest BCUT2D eigenvalue weighted by molar-refractivity contribution is 9.10. The number of hydrogen-bond donors (Lipinski definition) is 0. The van der Waals surface area contributed by atoms with Crippen LogP contribution in [0.15, 0.2) is 10.7 Å². The van der Waals surface area contributed by atoms with Crippen molar-refractivity contribution < 1.29 is 23.0 Å². The first-order valence-electron chi connectivity index (χ1n) is 4.11. The Kier molecular flexibility index (Phi) is 4.17. The van der Waals surface area contributed by atoms with Gasteiger partial charge in [-0.1, -0.05) is 0 Å². The quantitative estimate of drug-likeness (QED) is 0.804. The molecule has 16 heavy (non-hydrogen) atoms. The number of aromatic nitrogens is 1. The summed E-state index contributed by atoms with van der Waals surface area (Å²) in [5, 5.41) is 0. The number of alkyl halides is 2. The van der Waals surface area contributed by atoms with Gasteiger partial charge in [-0.3, -0.25) is 4.98 Å².